The molecular weight excluding hydrogens is 628 g/mol. The van der Waals surface area contributed by atoms with Crippen LogP contribution in [0, 0.1) is 0 Å². The van der Waals surface area contributed by atoms with E-state index in [9.17, 15) is 39.9 Å². The first-order chi connectivity index (χ1) is 20.6. The van der Waals surface area contributed by atoms with Crippen LogP contribution in [-0.2, 0) is 6.18 Å². The van der Waals surface area contributed by atoms with E-state index in [1.807, 2.05) is 0 Å². The molecule has 2 aromatic carbocycles. The number of nitrogens with one attached hydrogen (secondary N) is 1. The first-order valence-electron chi connectivity index (χ1n) is 12.8. The van der Waals surface area contributed by atoms with Crippen molar-refractivity contribution in [3.05, 3.63) is 70.0 Å². The van der Waals surface area contributed by atoms with E-state index in [0.717, 1.165) is 24.4 Å². The second-order valence-electron chi connectivity index (χ2n) is 10.0. The van der Waals surface area contributed by atoms with Gasteiger partial charge in [0.2, 0.25) is 0 Å². The molecule has 1 amide bonds. The van der Waals surface area contributed by atoms with Crippen LogP contribution in [0.25, 0.3) is 22.2 Å². The standard InChI is InChI=1S/C28H21ClF8N4O3/c1-12-11-44-24-16(12)8-20(39-23(24)13-3-4-17(19(29)6-13)27(32,33)34)18(28(35,36)37)9-38-25(42)14-5-15-10-41(26(30)31)40-22(15)21(7-14)43-2/h3-8,10,12,18,26H,9,11H2,1-2H3,(H,38,42). The Morgan fingerprint density at radius 2 is 1.89 bits per heavy atom. The van der Waals surface area contributed by atoms with Crippen molar-refractivity contribution in [2.24, 2.45) is 0 Å². The number of hydrogen-bond acceptors (Lipinski definition) is 5. The van der Waals surface area contributed by atoms with Gasteiger partial charge in [0.25, 0.3) is 5.91 Å². The molecule has 0 radical (unpaired) electrons. The molecule has 5 rings (SSSR count). The lowest BCUT2D eigenvalue weighted by molar-refractivity contribution is -0.149. The zero-order valence-electron chi connectivity index (χ0n) is 22.7. The molecule has 2 aromatic heterocycles. The number of aromatic nitrogens is 3. The molecule has 2 atom stereocenters. The third-order valence-corrected chi connectivity index (χ3v) is 7.38. The lowest BCUT2D eigenvalue weighted by Crippen LogP contribution is -2.35. The minimum Gasteiger partial charge on any atom is -0.494 e. The van der Waals surface area contributed by atoms with Crippen LogP contribution >= 0.6 is 11.6 Å². The highest BCUT2D eigenvalue weighted by molar-refractivity contribution is 6.31. The summed E-state index contributed by atoms with van der Waals surface area (Å²) in [7, 11) is 1.21. The van der Waals surface area contributed by atoms with Crippen molar-refractivity contribution in [3.8, 4) is 22.8 Å². The molecule has 0 aliphatic carbocycles. The summed E-state index contributed by atoms with van der Waals surface area (Å²) < 4.78 is 120. The number of methoxy groups -OCH3 is 1. The van der Waals surface area contributed by atoms with Crippen LogP contribution in [-0.4, -0.2) is 47.1 Å². The fraction of sp³-hybridized carbons (Fsp3) is 0.321. The first-order valence-corrected chi connectivity index (χ1v) is 13.2. The van der Waals surface area contributed by atoms with E-state index >= 15 is 0 Å². The van der Waals surface area contributed by atoms with E-state index < -0.39 is 53.6 Å². The van der Waals surface area contributed by atoms with Crippen LogP contribution in [0.4, 0.5) is 35.1 Å². The Morgan fingerprint density at radius 3 is 2.50 bits per heavy atom. The minimum absolute atomic E-state index is 0.00454. The maximum Gasteiger partial charge on any atom is 0.417 e. The van der Waals surface area contributed by atoms with E-state index in [4.69, 9.17) is 21.1 Å². The van der Waals surface area contributed by atoms with Gasteiger partial charge in [0, 0.05) is 40.7 Å². The number of alkyl halides is 8. The van der Waals surface area contributed by atoms with E-state index in [0.29, 0.717) is 16.3 Å². The number of amides is 1. The average molecular weight is 649 g/mol. The Balaban J connectivity index is 1.50. The molecule has 2 unspecified atom stereocenters. The highest BCUT2D eigenvalue weighted by Crippen LogP contribution is 2.45. The van der Waals surface area contributed by atoms with Crippen molar-refractivity contribution in [3.63, 3.8) is 0 Å². The lowest BCUT2D eigenvalue weighted by atomic mass is 9.95. The number of benzene rings is 2. The largest absolute Gasteiger partial charge is 0.494 e. The topological polar surface area (TPSA) is 78.3 Å². The van der Waals surface area contributed by atoms with Crippen LogP contribution < -0.4 is 14.8 Å². The third kappa shape index (κ3) is 5.97. The number of pyridine rings is 1. The van der Waals surface area contributed by atoms with Gasteiger partial charge in [0.15, 0.2) is 0 Å². The van der Waals surface area contributed by atoms with Crippen molar-refractivity contribution in [1.29, 1.82) is 0 Å². The molecular formula is C28H21ClF8N4O3. The van der Waals surface area contributed by atoms with Crippen molar-refractivity contribution in [1.82, 2.24) is 20.1 Å². The molecule has 0 spiro atoms. The Hall–Kier alpha value is -4.14. The Labute approximate surface area is 248 Å². The summed E-state index contributed by atoms with van der Waals surface area (Å²) in [4.78, 5) is 17.1. The zero-order valence-corrected chi connectivity index (χ0v) is 23.4. The zero-order chi connectivity index (χ0) is 32.1. The van der Waals surface area contributed by atoms with Crippen molar-refractivity contribution < 1.29 is 49.4 Å². The third-order valence-electron chi connectivity index (χ3n) is 7.07. The molecule has 0 saturated carbocycles. The number of ether oxygens (including phenoxy) is 2. The SMILES string of the molecule is COc1cc(C(=O)NCC(c2cc3c(c(-c4ccc(C(F)(F)F)c(Cl)c4)n2)OCC3C)C(F)(F)F)cc2cn(C(F)F)nc12. The lowest BCUT2D eigenvalue weighted by Gasteiger charge is -2.22. The van der Waals surface area contributed by atoms with Gasteiger partial charge in [-0.2, -0.15) is 40.2 Å². The van der Waals surface area contributed by atoms with Gasteiger partial charge in [-0.05, 0) is 30.3 Å². The number of nitrogens with zero attached hydrogens (tertiary/aromatic N) is 3. The second-order valence-corrected chi connectivity index (χ2v) is 10.4. The summed E-state index contributed by atoms with van der Waals surface area (Å²) in [6.45, 7) is -2.16. The van der Waals surface area contributed by atoms with E-state index in [-0.39, 0.29) is 51.7 Å². The Bertz CT molecular complexity index is 1740. The normalized spacial score (nSPS) is 15.8. The predicted molar refractivity (Wildman–Crippen MR) is 142 cm³/mol. The molecule has 1 aliphatic rings. The van der Waals surface area contributed by atoms with Crippen molar-refractivity contribution in [2.75, 3.05) is 20.3 Å². The van der Waals surface area contributed by atoms with Crippen LogP contribution in [0.3, 0.4) is 0 Å². The maximum absolute atomic E-state index is 14.4. The van der Waals surface area contributed by atoms with Crippen LogP contribution in [0.1, 0.15) is 52.5 Å². The minimum atomic E-state index is -4.92. The molecule has 1 N–H and O–H groups in total. The highest BCUT2D eigenvalue weighted by Gasteiger charge is 2.43. The van der Waals surface area contributed by atoms with Gasteiger partial charge in [-0.25, -0.2) is 9.67 Å². The molecule has 7 nitrogen and oxygen atoms in total. The highest BCUT2D eigenvalue weighted by atomic mass is 35.5. The number of rotatable bonds is 7. The van der Waals surface area contributed by atoms with E-state index in [1.54, 1.807) is 6.92 Å². The van der Waals surface area contributed by atoms with Crippen LogP contribution in [0.15, 0.2) is 42.6 Å². The molecule has 0 saturated heterocycles. The van der Waals surface area contributed by atoms with Crippen LogP contribution in [0.5, 0.6) is 11.5 Å². The maximum atomic E-state index is 14.4. The van der Waals surface area contributed by atoms with Gasteiger partial charge >= 0.3 is 18.9 Å². The van der Waals surface area contributed by atoms with Crippen LogP contribution in [0.2, 0.25) is 5.02 Å². The van der Waals surface area contributed by atoms with Crippen molar-refractivity contribution in [2.45, 2.75) is 37.7 Å². The molecule has 44 heavy (non-hydrogen) atoms. The van der Waals surface area contributed by atoms with Gasteiger partial charge in [0.1, 0.15) is 28.6 Å². The van der Waals surface area contributed by atoms with E-state index in [2.05, 4.69) is 15.4 Å². The predicted octanol–water partition coefficient (Wildman–Crippen LogP) is 7.75. The van der Waals surface area contributed by atoms with Gasteiger partial charge in [-0.1, -0.05) is 24.6 Å². The number of carbonyl (C=O) groups excluding carboxylic acids is 1. The van der Waals surface area contributed by atoms with Gasteiger partial charge in [-0.15, -0.1) is 0 Å². The van der Waals surface area contributed by atoms with E-state index in [1.165, 1.54) is 19.2 Å². The quantitative estimate of drug-likeness (QED) is 0.208. The summed E-state index contributed by atoms with van der Waals surface area (Å²) in [5, 5.41) is 5.33. The summed E-state index contributed by atoms with van der Waals surface area (Å²) in [6, 6.07) is 6.22. The molecule has 1 aliphatic heterocycles. The fourth-order valence-electron chi connectivity index (χ4n) is 4.85. The number of carbonyl (C=O) groups is 1. The molecule has 0 bridgehead atoms. The molecule has 234 valence electrons. The van der Waals surface area contributed by atoms with Crippen molar-refractivity contribution >= 4 is 28.4 Å². The summed E-state index contributed by atoms with van der Waals surface area (Å²) >= 11 is 5.87. The number of fused-ring (bicyclic) bond motifs is 2. The molecule has 16 heteroatoms. The molecule has 0 fully saturated rings. The molecule has 4 aromatic rings. The summed E-state index contributed by atoms with van der Waals surface area (Å²) in [5.74, 6) is -3.61. The monoisotopic (exact) mass is 648 g/mol. The Kier molecular flexibility index (Phi) is 8.12. The Morgan fingerprint density at radius 1 is 1.16 bits per heavy atom. The smallest absolute Gasteiger partial charge is 0.417 e. The van der Waals surface area contributed by atoms with Gasteiger partial charge in [0.05, 0.1) is 30.0 Å². The van der Waals surface area contributed by atoms with Gasteiger partial charge in [-0.3, -0.25) is 4.79 Å². The summed E-state index contributed by atoms with van der Waals surface area (Å²) in [5.41, 5.74) is -1.56. The summed E-state index contributed by atoms with van der Waals surface area (Å²) in [6.07, 6.45) is -8.72. The van der Waals surface area contributed by atoms with Gasteiger partial charge < -0.3 is 14.8 Å². The molecule has 3 heterocycles. The first kappa shape index (κ1) is 31.3. The number of hydrogen-bond donors (Lipinski definition) is 1. The fourth-order valence-corrected chi connectivity index (χ4v) is 5.14. The number of halogens is 9. The second kappa shape index (κ2) is 11.4. The average Bonchev–Trinajstić information content (AvgIpc) is 3.54.